The number of carbonyl (C=O) groups is 1. The molecule has 3 aromatic rings. The number of H-pyrrole nitrogens is 1. The van der Waals surface area contributed by atoms with Gasteiger partial charge in [-0.25, -0.2) is 0 Å². The van der Waals surface area contributed by atoms with Crippen molar-refractivity contribution < 1.29 is 9.53 Å². The van der Waals surface area contributed by atoms with E-state index in [-0.39, 0.29) is 11.9 Å². The van der Waals surface area contributed by atoms with E-state index in [1.807, 2.05) is 63.5 Å². The lowest BCUT2D eigenvalue weighted by molar-refractivity contribution is -0.120. The van der Waals surface area contributed by atoms with Gasteiger partial charge in [0, 0.05) is 23.1 Å². The second-order valence-corrected chi connectivity index (χ2v) is 7.01. The number of rotatable bonds is 7. The summed E-state index contributed by atoms with van der Waals surface area (Å²) in [6.45, 7) is 2.57. The van der Waals surface area contributed by atoms with Crippen molar-refractivity contribution >= 4 is 16.8 Å². The van der Waals surface area contributed by atoms with Crippen LogP contribution in [-0.2, 0) is 11.2 Å². The molecule has 142 valence electrons. The molecule has 0 saturated heterocycles. The minimum atomic E-state index is 0.0308. The Balaban J connectivity index is 1.68. The van der Waals surface area contributed by atoms with E-state index in [0.717, 1.165) is 33.5 Å². The van der Waals surface area contributed by atoms with Gasteiger partial charge in [0.1, 0.15) is 5.75 Å². The molecule has 0 bridgehead atoms. The van der Waals surface area contributed by atoms with Crippen molar-refractivity contribution in [2.24, 2.45) is 0 Å². The number of ether oxygens (including phenoxy) is 1. The first-order valence-corrected chi connectivity index (χ1v) is 9.13. The normalized spacial score (nSPS) is 12.3. The largest absolute Gasteiger partial charge is 0.497 e. The van der Waals surface area contributed by atoms with Crippen molar-refractivity contribution in [1.82, 2.24) is 15.2 Å². The molecule has 5 heteroatoms. The number of para-hydroxylation sites is 1. The number of nitrogens with zero attached hydrogens (tertiary/aromatic N) is 1. The number of nitrogens with one attached hydrogen (secondary N) is 2. The van der Waals surface area contributed by atoms with Crippen molar-refractivity contribution in [1.29, 1.82) is 0 Å². The van der Waals surface area contributed by atoms with Crippen LogP contribution in [0.3, 0.4) is 0 Å². The summed E-state index contributed by atoms with van der Waals surface area (Å²) in [6.07, 6.45) is 0.374. The Kier molecular flexibility index (Phi) is 5.81. The number of aromatic amines is 1. The van der Waals surface area contributed by atoms with E-state index < -0.39 is 0 Å². The number of hydrogen-bond donors (Lipinski definition) is 2. The molecule has 2 aromatic carbocycles. The second-order valence-electron chi connectivity index (χ2n) is 7.01. The van der Waals surface area contributed by atoms with E-state index >= 15 is 0 Å². The van der Waals surface area contributed by atoms with Crippen molar-refractivity contribution in [3.63, 3.8) is 0 Å². The van der Waals surface area contributed by atoms with E-state index in [1.165, 1.54) is 0 Å². The SMILES string of the molecule is COc1ccc(C(CNC(=O)Cc2c(C)[nH]c3ccccc23)N(C)C)cc1. The molecular formula is C22H27N3O2. The van der Waals surface area contributed by atoms with E-state index in [1.54, 1.807) is 7.11 Å². The molecule has 0 aliphatic rings. The number of carbonyl (C=O) groups excluding carboxylic acids is 1. The Morgan fingerprint density at radius 3 is 2.52 bits per heavy atom. The minimum absolute atomic E-state index is 0.0308. The van der Waals surface area contributed by atoms with Gasteiger partial charge in [0.15, 0.2) is 0 Å². The maximum Gasteiger partial charge on any atom is 0.224 e. The maximum atomic E-state index is 12.6. The average molecular weight is 365 g/mol. The van der Waals surface area contributed by atoms with Crippen LogP contribution in [-0.4, -0.2) is 43.5 Å². The molecule has 0 fully saturated rings. The fourth-order valence-corrected chi connectivity index (χ4v) is 3.42. The van der Waals surface area contributed by atoms with Crippen LogP contribution >= 0.6 is 0 Å². The first-order chi connectivity index (χ1) is 13.0. The molecule has 5 nitrogen and oxygen atoms in total. The number of likely N-dealkylation sites (N-methyl/N-ethyl adjacent to an activating group) is 1. The topological polar surface area (TPSA) is 57.4 Å². The van der Waals surface area contributed by atoms with Crippen molar-refractivity contribution in [3.8, 4) is 5.75 Å². The zero-order valence-electron chi connectivity index (χ0n) is 16.4. The molecule has 3 rings (SSSR count). The van der Waals surface area contributed by atoms with Gasteiger partial charge in [-0.2, -0.15) is 0 Å². The quantitative estimate of drug-likeness (QED) is 0.674. The van der Waals surface area contributed by atoms with Gasteiger partial charge in [-0.1, -0.05) is 30.3 Å². The van der Waals surface area contributed by atoms with Gasteiger partial charge in [0.25, 0.3) is 0 Å². The number of hydrogen-bond acceptors (Lipinski definition) is 3. The Bertz CT molecular complexity index is 913. The van der Waals surface area contributed by atoms with Crippen LogP contribution in [0.2, 0.25) is 0 Å². The van der Waals surface area contributed by atoms with Gasteiger partial charge in [0.2, 0.25) is 5.91 Å². The summed E-state index contributed by atoms with van der Waals surface area (Å²) in [5, 5.41) is 4.21. The molecule has 0 aliphatic heterocycles. The number of amides is 1. The number of benzene rings is 2. The summed E-state index contributed by atoms with van der Waals surface area (Å²) in [6, 6.07) is 16.2. The van der Waals surface area contributed by atoms with E-state index in [0.29, 0.717) is 13.0 Å². The molecular weight excluding hydrogens is 338 g/mol. The number of aromatic nitrogens is 1. The molecule has 1 amide bonds. The molecule has 1 heterocycles. The maximum absolute atomic E-state index is 12.6. The predicted octanol–water partition coefficient (Wildman–Crippen LogP) is 3.45. The van der Waals surface area contributed by atoms with E-state index in [9.17, 15) is 4.79 Å². The van der Waals surface area contributed by atoms with Crippen molar-refractivity contribution in [2.75, 3.05) is 27.7 Å². The molecule has 1 aromatic heterocycles. The van der Waals surface area contributed by atoms with Crippen LogP contribution in [0.4, 0.5) is 0 Å². The number of aryl methyl sites for hydroxylation is 1. The highest BCUT2D eigenvalue weighted by molar-refractivity contribution is 5.90. The zero-order chi connectivity index (χ0) is 19.4. The molecule has 1 atom stereocenters. The van der Waals surface area contributed by atoms with Crippen LogP contribution < -0.4 is 10.1 Å². The molecule has 0 radical (unpaired) electrons. The highest BCUT2D eigenvalue weighted by Gasteiger charge is 2.17. The third-order valence-electron chi connectivity index (χ3n) is 4.98. The second kappa shape index (κ2) is 8.27. The summed E-state index contributed by atoms with van der Waals surface area (Å²) in [5.41, 5.74) is 4.33. The van der Waals surface area contributed by atoms with Gasteiger partial charge < -0.3 is 19.9 Å². The fourth-order valence-electron chi connectivity index (χ4n) is 3.42. The highest BCUT2D eigenvalue weighted by Crippen LogP contribution is 2.23. The third-order valence-corrected chi connectivity index (χ3v) is 4.98. The Hall–Kier alpha value is -2.79. The summed E-state index contributed by atoms with van der Waals surface area (Å²) in [5.74, 6) is 0.860. The summed E-state index contributed by atoms with van der Waals surface area (Å²) in [4.78, 5) is 18.1. The summed E-state index contributed by atoms with van der Waals surface area (Å²) < 4.78 is 5.23. The molecule has 27 heavy (non-hydrogen) atoms. The Morgan fingerprint density at radius 2 is 1.85 bits per heavy atom. The Morgan fingerprint density at radius 1 is 1.15 bits per heavy atom. The summed E-state index contributed by atoms with van der Waals surface area (Å²) in [7, 11) is 5.70. The van der Waals surface area contributed by atoms with Crippen LogP contribution in [0.1, 0.15) is 22.9 Å². The van der Waals surface area contributed by atoms with Gasteiger partial charge >= 0.3 is 0 Å². The fraction of sp³-hybridized carbons (Fsp3) is 0.318. The predicted molar refractivity (Wildman–Crippen MR) is 109 cm³/mol. The standard InChI is InChI=1S/C22H27N3O2/c1-15-19(18-7-5-6-8-20(18)24-15)13-22(26)23-14-21(25(2)3)16-9-11-17(27-4)12-10-16/h5-12,21,24H,13-14H2,1-4H3,(H,23,26). The van der Waals surface area contributed by atoms with Gasteiger partial charge in [0.05, 0.1) is 19.6 Å². The van der Waals surface area contributed by atoms with Gasteiger partial charge in [-0.3, -0.25) is 4.79 Å². The van der Waals surface area contributed by atoms with Crippen LogP contribution in [0.5, 0.6) is 5.75 Å². The van der Waals surface area contributed by atoms with Crippen LogP contribution in [0.25, 0.3) is 10.9 Å². The van der Waals surface area contributed by atoms with Crippen LogP contribution in [0.15, 0.2) is 48.5 Å². The van der Waals surface area contributed by atoms with Crippen LogP contribution in [0, 0.1) is 6.92 Å². The molecule has 0 aliphatic carbocycles. The van der Waals surface area contributed by atoms with E-state index in [4.69, 9.17) is 4.74 Å². The summed E-state index contributed by atoms with van der Waals surface area (Å²) >= 11 is 0. The number of methoxy groups -OCH3 is 1. The first-order valence-electron chi connectivity index (χ1n) is 9.13. The average Bonchev–Trinajstić information content (AvgIpc) is 2.97. The zero-order valence-corrected chi connectivity index (χ0v) is 16.4. The van der Waals surface area contributed by atoms with Crippen molar-refractivity contribution in [3.05, 3.63) is 65.4 Å². The van der Waals surface area contributed by atoms with Gasteiger partial charge in [-0.05, 0) is 50.3 Å². The molecule has 0 spiro atoms. The lowest BCUT2D eigenvalue weighted by Gasteiger charge is -2.25. The monoisotopic (exact) mass is 365 g/mol. The van der Waals surface area contributed by atoms with Crippen molar-refractivity contribution in [2.45, 2.75) is 19.4 Å². The molecule has 1 unspecified atom stereocenters. The third kappa shape index (κ3) is 4.31. The number of fused-ring (bicyclic) bond motifs is 1. The smallest absolute Gasteiger partial charge is 0.224 e. The highest BCUT2D eigenvalue weighted by atomic mass is 16.5. The molecule has 0 saturated carbocycles. The molecule has 2 N–H and O–H groups in total. The lowest BCUT2D eigenvalue weighted by atomic mass is 10.0. The lowest BCUT2D eigenvalue weighted by Crippen LogP contribution is -2.35. The van der Waals surface area contributed by atoms with Gasteiger partial charge in [-0.15, -0.1) is 0 Å². The minimum Gasteiger partial charge on any atom is -0.497 e. The first kappa shape index (κ1) is 19.0. The Labute approximate surface area is 160 Å². The van der Waals surface area contributed by atoms with E-state index in [2.05, 4.69) is 21.3 Å².